The first-order valence-corrected chi connectivity index (χ1v) is 9.31. The zero-order valence-corrected chi connectivity index (χ0v) is 17.2. The van der Waals surface area contributed by atoms with Crippen LogP contribution in [0, 0.1) is 5.92 Å². The zero-order valence-electron chi connectivity index (χ0n) is 16.5. The largest absolute Gasteiger partial charge is 0.477 e. The van der Waals surface area contributed by atoms with Crippen LogP contribution < -0.4 is 10.1 Å². The van der Waals surface area contributed by atoms with Gasteiger partial charge in [-0.3, -0.25) is 0 Å². The summed E-state index contributed by atoms with van der Waals surface area (Å²) in [6, 6.07) is 0. The Kier molecular flexibility index (Phi) is 9.14. The van der Waals surface area contributed by atoms with E-state index in [-0.39, 0.29) is 30.6 Å². The molecular formula is C18H28ClN3O5. The molecule has 1 aromatic rings. The van der Waals surface area contributed by atoms with Gasteiger partial charge in [0.1, 0.15) is 12.2 Å². The number of halogens is 1. The molecule has 0 unspecified atom stereocenters. The van der Waals surface area contributed by atoms with Gasteiger partial charge in [-0.15, -0.1) is 11.6 Å². The van der Waals surface area contributed by atoms with E-state index < -0.39 is 17.6 Å². The van der Waals surface area contributed by atoms with Crippen LogP contribution in [0.2, 0.25) is 0 Å². The minimum Gasteiger partial charge on any atom is -0.477 e. The summed E-state index contributed by atoms with van der Waals surface area (Å²) in [5.74, 6) is 0.281. The highest BCUT2D eigenvalue weighted by molar-refractivity contribution is 6.18. The van der Waals surface area contributed by atoms with E-state index in [4.69, 9.17) is 25.8 Å². The van der Waals surface area contributed by atoms with E-state index in [0.29, 0.717) is 12.5 Å². The monoisotopic (exact) mass is 401 g/mol. The predicted octanol–water partition coefficient (Wildman–Crippen LogP) is 3.31. The summed E-state index contributed by atoms with van der Waals surface area (Å²) in [6.07, 6.45) is 4.14. The Bertz CT molecular complexity index is 655. The van der Waals surface area contributed by atoms with Crippen molar-refractivity contribution < 1.29 is 23.8 Å². The average molecular weight is 402 g/mol. The quantitative estimate of drug-likeness (QED) is 0.477. The maximum absolute atomic E-state index is 12.1. The Balaban J connectivity index is 2.98. The SMILES string of the molecule is CCOC(=O)c1cnn(C=CC(C)(C)NC(=O)OCCCl)c1OCC(C)C. The summed E-state index contributed by atoms with van der Waals surface area (Å²) in [4.78, 5) is 23.8. The van der Waals surface area contributed by atoms with Crippen LogP contribution in [0.15, 0.2) is 12.3 Å². The lowest BCUT2D eigenvalue weighted by molar-refractivity contribution is 0.0520. The number of alkyl carbamates (subject to hydrolysis) is 1. The van der Waals surface area contributed by atoms with Gasteiger partial charge in [0.05, 0.1) is 30.8 Å². The molecule has 27 heavy (non-hydrogen) atoms. The Morgan fingerprint density at radius 2 is 2.07 bits per heavy atom. The Hall–Kier alpha value is -2.22. The highest BCUT2D eigenvalue weighted by Gasteiger charge is 2.22. The molecular weight excluding hydrogens is 374 g/mol. The Morgan fingerprint density at radius 3 is 2.67 bits per heavy atom. The molecule has 0 saturated heterocycles. The standard InChI is InChI=1S/C18H28ClN3O5/c1-6-25-16(23)14-11-20-22(15(14)27-12-13(2)3)9-7-18(4,5)21-17(24)26-10-8-19/h7,9,11,13H,6,8,10,12H2,1-5H3,(H,21,24). The predicted molar refractivity (Wildman–Crippen MR) is 103 cm³/mol. The Labute approximate surface area is 164 Å². The van der Waals surface area contributed by atoms with Crippen molar-refractivity contribution in [2.45, 2.75) is 40.2 Å². The van der Waals surface area contributed by atoms with Gasteiger partial charge in [0.15, 0.2) is 0 Å². The fourth-order valence-corrected chi connectivity index (χ4v) is 2.00. The van der Waals surface area contributed by atoms with Gasteiger partial charge in [-0.2, -0.15) is 5.10 Å². The first-order valence-electron chi connectivity index (χ1n) is 8.77. The minimum absolute atomic E-state index is 0.127. The number of carbonyl (C=O) groups excluding carboxylic acids is 2. The number of hydrogen-bond acceptors (Lipinski definition) is 6. The lowest BCUT2D eigenvalue weighted by Gasteiger charge is -2.21. The second-order valence-electron chi connectivity index (χ2n) is 6.72. The van der Waals surface area contributed by atoms with Gasteiger partial charge < -0.3 is 19.5 Å². The highest BCUT2D eigenvalue weighted by Crippen LogP contribution is 2.21. The number of rotatable bonds is 10. The lowest BCUT2D eigenvalue weighted by atomic mass is 10.1. The van der Waals surface area contributed by atoms with E-state index in [1.807, 2.05) is 13.8 Å². The first kappa shape index (κ1) is 22.8. The van der Waals surface area contributed by atoms with Crippen molar-refractivity contribution in [1.82, 2.24) is 15.1 Å². The van der Waals surface area contributed by atoms with Crippen LogP contribution in [0.3, 0.4) is 0 Å². The summed E-state index contributed by atoms with van der Waals surface area (Å²) in [5, 5.41) is 6.87. The van der Waals surface area contributed by atoms with Gasteiger partial charge in [0.2, 0.25) is 5.88 Å². The number of hydrogen-bond donors (Lipinski definition) is 1. The van der Waals surface area contributed by atoms with Gasteiger partial charge in [-0.25, -0.2) is 14.3 Å². The van der Waals surface area contributed by atoms with Crippen molar-refractivity contribution in [3.8, 4) is 5.88 Å². The minimum atomic E-state index is -0.727. The number of esters is 1. The number of carbonyl (C=O) groups is 2. The lowest BCUT2D eigenvalue weighted by Crippen LogP contribution is -2.42. The molecule has 9 heteroatoms. The summed E-state index contributed by atoms with van der Waals surface area (Å²) < 4.78 is 17.1. The normalized spacial score (nSPS) is 11.7. The highest BCUT2D eigenvalue weighted by atomic mass is 35.5. The van der Waals surface area contributed by atoms with E-state index in [2.05, 4.69) is 10.4 Å². The van der Waals surface area contributed by atoms with Crippen LogP contribution in [-0.2, 0) is 9.47 Å². The summed E-state index contributed by atoms with van der Waals surface area (Å²) in [7, 11) is 0. The van der Waals surface area contributed by atoms with Gasteiger partial charge in [-0.1, -0.05) is 13.8 Å². The van der Waals surface area contributed by atoms with Gasteiger partial charge >= 0.3 is 12.1 Å². The second-order valence-corrected chi connectivity index (χ2v) is 7.10. The van der Waals surface area contributed by atoms with Crippen molar-refractivity contribution in [2.24, 2.45) is 5.92 Å². The molecule has 1 heterocycles. The summed E-state index contributed by atoms with van der Waals surface area (Å²) >= 11 is 5.50. The van der Waals surface area contributed by atoms with E-state index in [9.17, 15) is 9.59 Å². The molecule has 0 aliphatic rings. The topological polar surface area (TPSA) is 91.7 Å². The molecule has 8 nitrogen and oxygen atoms in total. The fraction of sp³-hybridized carbons (Fsp3) is 0.611. The van der Waals surface area contributed by atoms with Crippen LogP contribution in [0.5, 0.6) is 5.88 Å². The van der Waals surface area contributed by atoms with Crippen LogP contribution in [0.4, 0.5) is 4.79 Å². The van der Waals surface area contributed by atoms with Gasteiger partial charge in [-0.05, 0) is 32.8 Å². The third-order valence-electron chi connectivity index (χ3n) is 3.17. The molecule has 0 atom stereocenters. The molecule has 152 valence electrons. The molecule has 0 fully saturated rings. The molecule has 1 rings (SSSR count). The van der Waals surface area contributed by atoms with Crippen LogP contribution in [0.25, 0.3) is 6.20 Å². The molecule has 0 aromatic carbocycles. The molecule has 0 aliphatic heterocycles. The molecule has 0 saturated carbocycles. The number of nitrogens with zero attached hydrogens (tertiary/aromatic N) is 2. The average Bonchev–Trinajstić information content (AvgIpc) is 2.99. The maximum atomic E-state index is 12.1. The molecule has 1 N–H and O–H groups in total. The van der Waals surface area contributed by atoms with Crippen LogP contribution in [0.1, 0.15) is 45.0 Å². The zero-order chi connectivity index (χ0) is 20.4. The maximum Gasteiger partial charge on any atom is 0.407 e. The number of ether oxygens (including phenoxy) is 3. The Morgan fingerprint density at radius 1 is 1.37 bits per heavy atom. The summed E-state index contributed by atoms with van der Waals surface area (Å²) in [5.41, 5.74) is -0.483. The van der Waals surface area contributed by atoms with Gasteiger partial charge in [0.25, 0.3) is 0 Å². The van der Waals surface area contributed by atoms with E-state index in [0.717, 1.165) is 0 Å². The van der Waals surface area contributed by atoms with Crippen molar-refractivity contribution in [2.75, 3.05) is 25.7 Å². The molecule has 0 bridgehead atoms. The third-order valence-corrected chi connectivity index (χ3v) is 3.32. The van der Waals surface area contributed by atoms with E-state index >= 15 is 0 Å². The smallest absolute Gasteiger partial charge is 0.407 e. The van der Waals surface area contributed by atoms with Crippen molar-refractivity contribution >= 4 is 29.9 Å². The molecule has 0 aliphatic carbocycles. The van der Waals surface area contributed by atoms with Crippen molar-refractivity contribution in [1.29, 1.82) is 0 Å². The fourth-order valence-electron chi connectivity index (χ4n) is 1.92. The van der Waals surface area contributed by atoms with Crippen molar-refractivity contribution in [3.63, 3.8) is 0 Å². The summed E-state index contributed by atoms with van der Waals surface area (Å²) in [6.45, 7) is 10.1. The van der Waals surface area contributed by atoms with Crippen molar-refractivity contribution in [3.05, 3.63) is 17.8 Å². The van der Waals surface area contributed by atoms with E-state index in [1.54, 1.807) is 33.0 Å². The number of amides is 1. The van der Waals surface area contributed by atoms with Crippen LogP contribution >= 0.6 is 11.6 Å². The molecule has 0 radical (unpaired) electrons. The molecule has 1 aromatic heterocycles. The second kappa shape index (κ2) is 10.8. The number of alkyl halides is 1. The van der Waals surface area contributed by atoms with Gasteiger partial charge in [0, 0.05) is 6.20 Å². The first-order chi connectivity index (χ1) is 12.7. The molecule has 0 spiro atoms. The number of aromatic nitrogens is 2. The van der Waals surface area contributed by atoms with E-state index in [1.165, 1.54) is 10.9 Å². The molecule has 1 amide bonds. The van der Waals surface area contributed by atoms with Crippen LogP contribution in [-0.4, -0.2) is 53.1 Å². The third kappa shape index (κ3) is 7.90. The number of nitrogens with one attached hydrogen (secondary N) is 1.